The van der Waals surface area contributed by atoms with Gasteiger partial charge in [0, 0.05) is 36.2 Å². The average molecular weight is 636 g/mol. The van der Waals surface area contributed by atoms with Crippen molar-refractivity contribution in [1.29, 1.82) is 0 Å². The highest BCUT2D eigenvalue weighted by atomic mass is 16.6. The molecule has 4 aliphatic heterocycles. The summed E-state index contributed by atoms with van der Waals surface area (Å²) in [6.45, 7) is 10.4. The number of rotatable bonds is 10. The van der Waals surface area contributed by atoms with Crippen LogP contribution in [0.1, 0.15) is 85.5 Å². The highest BCUT2D eigenvalue weighted by Gasteiger charge is 2.61. The van der Waals surface area contributed by atoms with Gasteiger partial charge >= 0.3 is 5.97 Å². The van der Waals surface area contributed by atoms with Crippen molar-refractivity contribution in [3.05, 3.63) is 11.6 Å². The van der Waals surface area contributed by atoms with Gasteiger partial charge in [0.1, 0.15) is 23.7 Å². The van der Waals surface area contributed by atoms with Gasteiger partial charge in [-0.1, -0.05) is 13.0 Å². The third kappa shape index (κ3) is 7.83. The molecule has 0 spiro atoms. The molecule has 256 valence electrons. The lowest BCUT2D eigenvalue weighted by Crippen LogP contribution is -2.95. The van der Waals surface area contributed by atoms with E-state index in [2.05, 4.69) is 29.8 Å². The molecule has 5 aliphatic rings. The highest BCUT2D eigenvalue weighted by Crippen LogP contribution is 2.52. The fourth-order valence-electron chi connectivity index (χ4n) is 8.90. The number of hydrogen-bond donors (Lipinski definition) is 6. The Morgan fingerprint density at radius 1 is 1.24 bits per heavy atom. The zero-order valence-electron chi connectivity index (χ0n) is 27.8. The maximum absolute atomic E-state index is 13.5. The first-order valence-electron chi connectivity index (χ1n) is 17.6. The number of quaternary nitrogens is 1. The molecular formula is C34H59N4O7+. The molecule has 0 radical (unpaired) electrons. The molecular weight excluding hydrogens is 576 g/mol. The predicted molar refractivity (Wildman–Crippen MR) is 169 cm³/mol. The summed E-state index contributed by atoms with van der Waals surface area (Å²) in [5.74, 6) is -0.829. The van der Waals surface area contributed by atoms with Crippen molar-refractivity contribution in [2.75, 3.05) is 26.2 Å². The molecule has 13 atom stereocenters. The summed E-state index contributed by atoms with van der Waals surface area (Å²) in [4.78, 5) is 26.7. The topological polar surface area (TPSA) is 169 Å². The molecule has 11 nitrogen and oxygen atoms in total. The molecule has 5 fully saturated rings. The maximum atomic E-state index is 13.5. The molecule has 0 aromatic heterocycles. The number of aliphatic hydroxyl groups excluding tert-OH is 2. The summed E-state index contributed by atoms with van der Waals surface area (Å²) in [6.07, 6.45) is 6.06. The Kier molecular flexibility index (Phi) is 11.8. The fraction of sp³-hybridized carbons (Fsp3) is 0.882. The summed E-state index contributed by atoms with van der Waals surface area (Å²) < 4.78 is 19.8. The van der Waals surface area contributed by atoms with Crippen molar-refractivity contribution >= 4 is 11.8 Å². The lowest BCUT2D eigenvalue weighted by molar-refractivity contribution is -0.708. The number of esters is 1. The molecule has 1 saturated carbocycles. The van der Waals surface area contributed by atoms with Crippen LogP contribution in [0.25, 0.3) is 0 Å². The van der Waals surface area contributed by atoms with E-state index < -0.39 is 35.9 Å². The zero-order chi connectivity index (χ0) is 32.3. The van der Waals surface area contributed by atoms with Crippen molar-refractivity contribution in [3.63, 3.8) is 0 Å². The van der Waals surface area contributed by atoms with Crippen molar-refractivity contribution < 1.29 is 39.3 Å². The Morgan fingerprint density at radius 3 is 2.71 bits per heavy atom. The minimum atomic E-state index is -0.983. The Hall–Kier alpha value is -1.44. The highest BCUT2D eigenvalue weighted by molar-refractivity contribution is 5.87. The number of Topliss-reactive ketones (excluding diaryl/α,β-unsaturated/α-hetero) is 1. The van der Waals surface area contributed by atoms with E-state index in [-0.39, 0.29) is 48.9 Å². The van der Waals surface area contributed by atoms with Crippen molar-refractivity contribution in [3.8, 4) is 0 Å². The fourth-order valence-corrected chi connectivity index (χ4v) is 8.90. The Bertz CT molecular complexity index is 1050. The third-order valence-corrected chi connectivity index (χ3v) is 11.7. The second-order valence-electron chi connectivity index (χ2n) is 14.7. The normalized spacial score (nSPS) is 44.2. The number of piperidine rings is 2. The summed E-state index contributed by atoms with van der Waals surface area (Å²) >= 11 is 0. The van der Waals surface area contributed by atoms with E-state index in [0.717, 1.165) is 64.6 Å². The van der Waals surface area contributed by atoms with Gasteiger partial charge in [0.2, 0.25) is 0 Å². The molecule has 4 saturated heterocycles. The molecule has 1 aliphatic carbocycles. The standard InChI is InChI=1S/C34H58N4O7/c1-5-19(3)33(42)44-26-16-23-30(41)29-25(40)15-22(18-39)43-32(29)24(13-21-10-12-37-27(35)14-21)31(23)45-34(26,4)11-9-20-7-8-28(36-6-2)38-17-20/h5,20-24,26-32,36-39,41H,6-18,35H2,1-4H3/p+1. The van der Waals surface area contributed by atoms with Gasteiger partial charge in [-0.3, -0.25) is 10.1 Å². The maximum Gasteiger partial charge on any atom is 0.333 e. The van der Waals surface area contributed by atoms with Crippen LogP contribution in [-0.2, 0) is 23.8 Å². The molecule has 4 heterocycles. The quantitative estimate of drug-likeness (QED) is 0.149. The van der Waals surface area contributed by atoms with Crippen LogP contribution in [0.5, 0.6) is 0 Å². The number of carbonyl (C=O) groups excluding carboxylic acids is 2. The van der Waals surface area contributed by atoms with E-state index in [4.69, 9.17) is 19.9 Å². The number of nitrogens with one attached hydrogen (secondary N) is 2. The first kappa shape index (κ1) is 34.9. The van der Waals surface area contributed by atoms with Crippen LogP contribution in [0.3, 0.4) is 0 Å². The van der Waals surface area contributed by atoms with E-state index in [0.29, 0.717) is 30.0 Å². The van der Waals surface area contributed by atoms with E-state index in [1.54, 1.807) is 13.0 Å². The number of allylic oxidation sites excluding steroid dienone is 1. The van der Waals surface area contributed by atoms with Gasteiger partial charge in [0.05, 0.1) is 49.7 Å². The molecule has 0 amide bonds. The van der Waals surface area contributed by atoms with Crippen LogP contribution in [0, 0.1) is 29.6 Å². The number of carbonyl (C=O) groups is 2. The Morgan fingerprint density at radius 2 is 2.04 bits per heavy atom. The SMILES string of the molecule is CC=C(C)C(=O)OC1CC2C(O)C3C(=O)CC(CO)OC3C(CC3CCNC(N)C3)C2OC1(C)CCC1CCC(NCC)[NH2+]C1. The summed E-state index contributed by atoms with van der Waals surface area (Å²) in [5.41, 5.74) is 6.06. The van der Waals surface area contributed by atoms with E-state index >= 15 is 0 Å². The number of nitrogens with two attached hydrogens (primary N) is 2. The smallest absolute Gasteiger partial charge is 0.333 e. The summed E-state index contributed by atoms with van der Waals surface area (Å²) in [6, 6.07) is 0. The van der Waals surface area contributed by atoms with Crippen LogP contribution >= 0.6 is 0 Å². The molecule has 45 heavy (non-hydrogen) atoms. The zero-order valence-corrected chi connectivity index (χ0v) is 27.8. The van der Waals surface area contributed by atoms with Crippen LogP contribution in [0.4, 0.5) is 0 Å². The second kappa shape index (κ2) is 15.2. The molecule has 0 aromatic rings. The lowest BCUT2D eigenvalue weighted by atomic mass is 9.60. The molecule has 5 rings (SSSR count). The van der Waals surface area contributed by atoms with Crippen LogP contribution in [0.15, 0.2) is 11.6 Å². The Labute approximate surface area is 268 Å². The largest absolute Gasteiger partial charge is 0.456 e. The average Bonchev–Trinajstić information content (AvgIpc) is 3.02. The Balaban J connectivity index is 1.42. The predicted octanol–water partition coefficient (Wildman–Crippen LogP) is 0.718. The minimum Gasteiger partial charge on any atom is -0.456 e. The minimum absolute atomic E-state index is 0.0701. The van der Waals surface area contributed by atoms with Crippen LogP contribution < -0.4 is 21.7 Å². The molecule has 0 bridgehead atoms. The van der Waals surface area contributed by atoms with Crippen molar-refractivity contribution in [1.82, 2.24) is 10.6 Å². The van der Waals surface area contributed by atoms with Gasteiger partial charge in [-0.2, -0.15) is 0 Å². The van der Waals surface area contributed by atoms with E-state index in [1.807, 2.05) is 6.92 Å². The number of fused-ring (bicyclic) bond motifs is 2. The van der Waals surface area contributed by atoms with Crippen molar-refractivity contribution in [2.24, 2.45) is 35.3 Å². The van der Waals surface area contributed by atoms with Crippen LogP contribution in [-0.4, -0.2) is 96.7 Å². The number of hydrogen-bond acceptors (Lipinski definition) is 10. The molecule has 8 N–H and O–H groups in total. The van der Waals surface area contributed by atoms with Gasteiger partial charge in [-0.25, -0.2) is 4.79 Å². The van der Waals surface area contributed by atoms with E-state index in [1.165, 1.54) is 0 Å². The monoisotopic (exact) mass is 635 g/mol. The molecule has 13 unspecified atom stereocenters. The third-order valence-electron chi connectivity index (χ3n) is 11.7. The first-order valence-corrected chi connectivity index (χ1v) is 17.6. The first-order chi connectivity index (χ1) is 21.6. The number of ether oxygens (including phenoxy) is 3. The lowest BCUT2D eigenvalue weighted by Gasteiger charge is -2.58. The summed E-state index contributed by atoms with van der Waals surface area (Å²) in [5, 5.41) is 31.1. The van der Waals surface area contributed by atoms with Crippen molar-refractivity contribution in [2.45, 2.75) is 134 Å². The van der Waals surface area contributed by atoms with Gasteiger partial charge in [0.25, 0.3) is 0 Å². The number of ketones is 1. The van der Waals surface area contributed by atoms with Gasteiger partial charge in [-0.05, 0) is 84.7 Å². The molecule has 0 aromatic carbocycles. The van der Waals surface area contributed by atoms with Crippen LogP contribution in [0.2, 0.25) is 0 Å². The van der Waals surface area contributed by atoms with Gasteiger partial charge in [0.15, 0.2) is 0 Å². The van der Waals surface area contributed by atoms with Gasteiger partial charge in [-0.15, -0.1) is 0 Å². The number of aliphatic hydroxyl groups is 2. The second-order valence-corrected chi connectivity index (χ2v) is 14.7. The molecule has 11 heteroatoms. The van der Waals surface area contributed by atoms with E-state index in [9.17, 15) is 19.8 Å². The van der Waals surface area contributed by atoms with Gasteiger partial charge < -0.3 is 40.8 Å². The summed E-state index contributed by atoms with van der Waals surface area (Å²) in [7, 11) is 0.